The Kier molecular flexibility index (Phi) is 8.22. The molecule has 0 spiro atoms. The fraction of sp³-hybridized carbons (Fsp3) is 0.200. The number of amides is 2. The molecule has 0 aliphatic heterocycles. The van der Waals surface area contributed by atoms with Crippen molar-refractivity contribution >= 4 is 61.1 Å². The second-order valence-electron chi connectivity index (χ2n) is 6.27. The van der Waals surface area contributed by atoms with Gasteiger partial charge < -0.3 is 15.2 Å². The average Bonchev–Trinajstić information content (AvgIpc) is 3.15. The van der Waals surface area contributed by atoms with Crippen LogP contribution in [0.4, 0.5) is 10.1 Å². The number of hydrogen-bond acceptors (Lipinski definition) is 5. The van der Waals surface area contributed by atoms with Gasteiger partial charge in [-0.1, -0.05) is 39.8 Å². The number of rotatable bonds is 8. The van der Waals surface area contributed by atoms with Gasteiger partial charge in [0.25, 0.3) is 5.91 Å². The number of thioether (sulfide) groups is 1. The van der Waals surface area contributed by atoms with Crippen molar-refractivity contribution in [1.29, 1.82) is 0 Å². The Labute approximate surface area is 199 Å². The Morgan fingerprint density at radius 1 is 1.16 bits per heavy atom. The fourth-order valence-corrected chi connectivity index (χ4v) is 4.21. The van der Waals surface area contributed by atoms with Crippen LogP contribution < -0.4 is 10.6 Å². The highest BCUT2D eigenvalue weighted by Gasteiger charge is 2.16. The van der Waals surface area contributed by atoms with Gasteiger partial charge in [0.1, 0.15) is 5.82 Å². The third kappa shape index (κ3) is 6.14. The standard InChI is InChI=1S/C20H18Br2FN5O2S/c1-2-28-17(10-24-19(30)13-5-3-4-6-15(13)23)26-27-20(28)31-11-18(29)25-16-9-12(21)7-8-14(16)22/h3-9H,2,10-11H2,1H3,(H,24,30)(H,25,29). The Bertz CT molecular complexity index is 1110. The Morgan fingerprint density at radius 2 is 1.94 bits per heavy atom. The maximum absolute atomic E-state index is 13.8. The first-order valence-electron chi connectivity index (χ1n) is 9.21. The number of anilines is 1. The molecule has 2 amide bonds. The largest absolute Gasteiger partial charge is 0.345 e. The third-order valence-corrected chi connectivity index (χ3v) is 6.32. The lowest BCUT2D eigenvalue weighted by atomic mass is 10.2. The van der Waals surface area contributed by atoms with Gasteiger partial charge in [-0.15, -0.1) is 10.2 Å². The Balaban J connectivity index is 1.59. The van der Waals surface area contributed by atoms with Gasteiger partial charge in [0, 0.05) is 15.5 Å². The molecule has 1 aromatic heterocycles. The summed E-state index contributed by atoms with van der Waals surface area (Å²) in [6.07, 6.45) is 0. The minimum atomic E-state index is -0.587. The van der Waals surface area contributed by atoms with E-state index in [-0.39, 0.29) is 23.8 Å². The van der Waals surface area contributed by atoms with Crippen LogP contribution in [0.2, 0.25) is 0 Å². The van der Waals surface area contributed by atoms with Gasteiger partial charge in [-0.25, -0.2) is 4.39 Å². The fourth-order valence-electron chi connectivity index (χ4n) is 2.68. The summed E-state index contributed by atoms with van der Waals surface area (Å²) in [7, 11) is 0. The van der Waals surface area contributed by atoms with E-state index in [2.05, 4.69) is 52.7 Å². The van der Waals surface area contributed by atoms with Gasteiger partial charge in [0.05, 0.1) is 23.5 Å². The highest BCUT2D eigenvalue weighted by Crippen LogP contribution is 2.26. The van der Waals surface area contributed by atoms with Crippen molar-refractivity contribution in [3.8, 4) is 0 Å². The molecule has 7 nitrogen and oxygen atoms in total. The first-order chi connectivity index (χ1) is 14.9. The van der Waals surface area contributed by atoms with Gasteiger partial charge in [0.15, 0.2) is 11.0 Å². The van der Waals surface area contributed by atoms with Crippen LogP contribution in [-0.2, 0) is 17.9 Å². The molecular weight excluding hydrogens is 553 g/mol. The van der Waals surface area contributed by atoms with Crippen LogP contribution in [0.1, 0.15) is 23.1 Å². The second-order valence-corrected chi connectivity index (χ2v) is 8.98. The van der Waals surface area contributed by atoms with Gasteiger partial charge in [-0.3, -0.25) is 9.59 Å². The van der Waals surface area contributed by atoms with E-state index in [1.165, 1.54) is 30.0 Å². The van der Waals surface area contributed by atoms with Gasteiger partial charge in [-0.2, -0.15) is 0 Å². The average molecular weight is 571 g/mol. The molecule has 0 fully saturated rings. The van der Waals surface area contributed by atoms with E-state index in [4.69, 9.17) is 0 Å². The van der Waals surface area contributed by atoms with Crippen LogP contribution in [0, 0.1) is 5.82 Å². The first kappa shape index (κ1) is 23.4. The number of nitrogens with zero attached hydrogens (tertiary/aromatic N) is 3. The second kappa shape index (κ2) is 10.9. The molecule has 0 saturated heterocycles. The summed E-state index contributed by atoms with van der Waals surface area (Å²) >= 11 is 8.02. The van der Waals surface area contributed by atoms with Crippen molar-refractivity contribution in [3.05, 3.63) is 68.6 Å². The van der Waals surface area contributed by atoms with Gasteiger partial charge in [0.2, 0.25) is 5.91 Å². The highest BCUT2D eigenvalue weighted by molar-refractivity contribution is 9.11. The third-order valence-electron chi connectivity index (χ3n) is 4.17. The van der Waals surface area contributed by atoms with Crippen LogP contribution in [-0.4, -0.2) is 32.3 Å². The van der Waals surface area contributed by atoms with Crippen molar-refractivity contribution < 1.29 is 14.0 Å². The topological polar surface area (TPSA) is 88.9 Å². The predicted molar refractivity (Wildman–Crippen MR) is 124 cm³/mol. The zero-order chi connectivity index (χ0) is 22.4. The molecule has 31 heavy (non-hydrogen) atoms. The highest BCUT2D eigenvalue weighted by atomic mass is 79.9. The molecule has 11 heteroatoms. The molecule has 0 unspecified atom stereocenters. The van der Waals surface area contributed by atoms with Crippen molar-refractivity contribution in [2.24, 2.45) is 0 Å². The summed E-state index contributed by atoms with van der Waals surface area (Å²) < 4.78 is 17.2. The van der Waals surface area contributed by atoms with E-state index < -0.39 is 11.7 Å². The lowest BCUT2D eigenvalue weighted by Crippen LogP contribution is -2.25. The maximum Gasteiger partial charge on any atom is 0.254 e. The molecule has 3 aromatic rings. The van der Waals surface area contributed by atoms with Crippen molar-refractivity contribution in [3.63, 3.8) is 0 Å². The van der Waals surface area contributed by atoms with Crippen molar-refractivity contribution in [2.45, 2.75) is 25.2 Å². The van der Waals surface area contributed by atoms with E-state index >= 15 is 0 Å². The first-order valence-corrected chi connectivity index (χ1v) is 11.8. The molecule has 2 aromatic carbocycles. The lowest BCUT2D eigenvalue weighted by molar-refractivity contribution is -0.113. The van der Waals surface area contributed by atoms with Crippen LogP contribution in [0.3, 0.4) is 0 Å². The van der Waals surface area contributed by atoms with Crippen molar-refractivity contribution in [2.75, 3.05) is 11.1 Å². The zero-order valence-corrected chi connectivity index (χ0v) is 20.4. The van der Waals surface area contributed by atoms with E-state index in [9.17, 15) is 14.0 Å². The van der Waals surface area contributed by atoms with Crippen LogP contribution in [0.15, 0.2) is 56.6 Å². The number of nitrogens with one attached hydrogen (secondary N) is 2. The minimum absolute atomic E-state index is 0.0324. The molecule has 0 bridgehead atoms. The Hall–Kier alpha value is -2.24. The summed E-state index contributed by atoms with van der Waals surface area (Å²) in [5, 5.41) is 14.3. The van der Waals surface area contributed by atoms with Gasteiger partial charge >= 0.3 is 0 Å². The summed E-state index contributed by atoms with van der Waals surface area (Å²) in [5.74, 6) is -0.652. The predicted octanol–water partition coefficient (Wildman–Crippen LogP) is 4.62. The quantitative estimate of drug-likeness (QED) is 0.386. The van der Waals surface area contributed by atoms with E-state index in [0.29, 0.717) is 23.2 Å². The normalized spacial score (nSPS) is 10.7. The molecule has 0 aliphatic carbocycles. The number of carbonyl (C=O) groups is 2. The van der Waals surface area contributed by atoms with Crippen LogP contribution in [0.25, 0.3) is 0 Å². The smallest absolute Gasteiger partial charge is 0.254 e. The molecule has 0 aliphatic rings. The molecule has 3 rings (SSSR count). The monoisotopic (exact) mass is 569 g/mol. The number of carbonyl (C=O) groups excluding carboxylic acids is 2. The van der Waals surface area contributed by atoms with E-state index in [1.54, 1.807) is 16.7 Å². The van der Waals surface area contributed by atoms with Crippen molar-refractivity contribution in [1.82, 2.24) is 20.1 Å². The summed E-state index contributed by atoms with van der Waals surface area (Å²) in [5.41, 5.74) is 0.628. The summed E-state index contributed by atoms with van der Waals surface area (Å²) in [6, 6.07) is 11.3. The Morgan fingerprint density at radius 3 is 2.68 bits per heavy atom. The molecule has 0 saturated carbocycles. The molecule has 162 valence electrons. The van der Waals surface area contributed by atoms with Crippen LogP contribution >= 0.6 is 43.6 Å². The molecule has 2 N–H and O–H groups in total. The number of hydrogen-bond donors (Lipinski definition) is 2. The van der Waals surface area contributed by atoms with Gasteiger partial charge in [-0.05, 0) is 53.2 Å². The van der Waals surface area contributed by atoms with Crippen LogP contribution in [0.5, 0.6) is 0 Å². The minimum Gasteiger partial charge on any atom is -0.345 e. The number of halogens is 3. The SMILES string of the molecule is CCn1c(CNC(=O)c2ccccc2F)nnc1SCC(=O)Nc1cc(Br)ccc1Br. The number of aromatic nitrogens is 3. The molecule has 1 heterocycles. The molecule has 0 radical (unpaired) electrons. The summed E-state index contributed by atoms with van der Waals surface area (Å²) in [4.78, 5) is 24.6. The molecule has 0 atom stereocenters. The number of benzene rings is 2. The summed E-state index contributed by atoms with van der Waals surface area (Å²) in [6.45, 7) is 2.55. The van der Waals surface area contributed by atoms with E-state index in [0.717, 1.165) is 8.95 Å². The molecular formula is C20H18Br2FN5O2S. The lowest BCUT2D eigenvalue weighted by Gasteiger charge is -2.10. The maximum atomic E-state index is 13.8. The van der Waals surface area contributed by atoms with E-state index in [1.807, 2.05) is 19.1 Å². The zero-order valence-electron chi connectivity index (χ0n) is 16.4.